The van der Waals surface area contributed by atoms with Crippen LogP contribution in [0.4, 0.5) is 11.4 Å². The molecule has 17 heavy (non-hydrogen) atoms. The number of methoxy groups -OCH3 is 1. The third-order valence-electron chi connectivity index (χ3n) is 3.49. The van der Waals surface area contributed by atoms with Crippen molar-refractivity contribution in [1.29, 1.82) is 0 Å². The molecule has 0 aliphatic carbocycles. The maximum absolute atomic E-state index is 5.67. The van der Waals surface area contributed by atoms with Crippen molar-refractivity contribution in [3.8, 4) is 5.75 Å². The SMILES string of the molecule is COc1cccc2c1N(C)CC(CCN)N2C. The van der Waals surface area contributed by atoms with E-state index in [0.29, 0.717) is 6.04 Å². The van der Waals surface area contributed by atoms with E-state index in [1.807, 2.05) is 12.1 Å². The number of ether oxygens (including phenoxy) is 1. The van der Waals surface area contributed by atoms with Crippen molar-refractivity contribution < 1.29 is 4.74 Å². The third kappa shape index (κ3) is 2.05. The molecule has 2 N–H and O–H groups in total. The molecule has 0 amide bonds. The fourth-order valence-corrected chi connectivity index (χ4v) is 2.55. The molecule has 1 aromatic rings. The molecule has 94 valence electrons. The largest absolute Gasteiger partial charge is 0.495 e. The van der Waals surface area contributed by atoms with Gasteiger partial charge >= 0.3 is 0 Å². The summed E-state index contributed by atoms with van der Waals surface area (Å²) in [7, 11) is 5.96. The smallest absolute Gasteiger partial charge is 0.144 e. The van der Waals surface area contributed by atoms with Gasteiger partial charge in [-0.1, -0.05) is 6.07 Å². The minimum absolute atomic E-state index is 0.476. The third-order valence-corrected chi connectivity index (χ3v) is 3.49. The highest BCUT2D eigenvalue weighted by molar-refractivity contribution is 5.79. The van der Waals surface area contributed by atoms with Gasteiger partial charge in [0.25, 0.3) is 0 Å². The Labute approximate surface area is 103 Å². The molecule has 1 unspecified atom stereocenters. The van der Waals surface area contributed by atoms with Crippen molar-refractivity contribution >= 4 is 11.4 Å². The number of hydrogen-bond donors (Lipinski definition) is 1. The predicted octanol–water partition coefficient (Wildman–Crippen LogP) is 1.30. The van der Waals surface area contributed by atoms with Gasteiger partial charge in [-0.25, -0.2) is 0 Å². The number of nitrogens with zero attached hydrogens (tertiary/aromatic N) is 2. The molecule has 1 heterocycles. The van der Waals surface area contributed by atoms with E-state index in [1.54, 1.807) is 7.11 Å². The van der Waals surface area contributed by atoms with Crippen molar-refractivity contribution in [2.24, 2.45) is 5.73 Å². The molecule has 4 heteroatoms. The summed E-state index contributed by atoms with van der Waals surface area (Å²) in [4.78, 5) is 4.57. The zero-order chi connectivity index (χ0) is 12.4. The Morgan fingerprint density at radius 2 is 2.18 bits per heavy atom. The monoisotopic (exact) mass is 235 g/mol. The fourth-order valence-electron chi connectivity index (χ4n) is 2.55. The summed E-state index contributed by atoms with van der Waals surface area (Å²) >= 11 is 0. The second-order valence-corrected chi connectivity index (χ2v) is 4.55. The Bertz CT molecular complexity index is 394. The zero-order valence-electron chi connectivity index (χ0n) is 10.8. The highest BCUT2D eigenvalue weighted by atomic mass is 16.5. The van der Waals surface area contributed by atoms with Crippen LogP contribution in [0.2, 0.25) is 0 Å². The van der Waals surface area contributed by atoms with Gasteiger partial charge in [0, 0.05) is 26.7 Å². The summed E-state index contributed by atoms with van der Waals surface area (Å²) in [6, 6.07) is 6.65. The average molecular weight is 235 g/mol. The minimum atomic E-state index is 0.476. The first-order valence-corrected chi connectivity index (χ1v) is 6.00. The standard InChI is InChI=1S/C13H21N3O/c1-15-9-10(7-8-14)16(2)11-5-4-6-12(17-3)13(11)15/h4-6,10H,7-9,14H2,1-3H3. The first kappa shape index (κ1) is 12.0. The lowest BCUT2D eigenvalue weighted by molar-refractivity contribution is 0.412. The molecule has 1 atom stereocenters. The zero-order valence-corrected chi connectivity index (χ0v) is 10.8. The number of para-hydroxylation sites is 1. The summed E-state index contributed by atoms with van der Waals surface area (Å²) in [6.45, 7) is 1.71. The van der Waals surface area contributed by atoms with E-state index >= 15 is 0 Å². The lowest BCUT2D eigenvalue weighted by atomic mass is 10.1. The molecule has 0 spiro atoms. The highest BCUT2D eigenvalue weighted by Gasteiger charge is 2.28. The van der Waals surface area contributed by atoms with Gasteiger partial charge in [0.15, 0.2) is 0 Å². The first-order chi connectivity index (χ1) is 8.19. The summed E-state index contributed by atoms with van der Waals surface area (Å²) < 4.78 is 5.43. The van der Waals surface area contributed by atoms with E-state index in [9.17, 15) is 0 Å². The lowest BCUT2D eigenvalue weighted by Gasteiger charge is -2.41. The van der Waals surface area contributed by atoms with E-state index in [-0.39, 0.29) is 0 Å². The second kappa shape index (κ2) is 4.84. The number of nitrogens with two attached hydrogens (primary N) is 1. The summed E-state index contributed by atoms with van der Waals surface area (Å²) in [5.74, 6) is 0.933. The van der Waals surface area contributed by atoms with Gasteiger partial charge in [-0.3, -0.25) is 0 Å². The lowest BCUT2D eigenvalue weighted by Crippen LogP contribution is -2.46. The van der Waals surface area contributed by atoms with Gasteiger partial charge in [0.05, 0.1) is 12.8 Å². The molecule has 0 fully saturated rings. The minimum Gasteiger partial charge on any atom is -0.495 e. The molecule has 0 aromatic heterocycles. The number of rotatable bonds is 3. The molecular weight excluding hydrogens is 214 g/mol. The Hall–Kier alpha value is -1.42. The Balaban J connectivity index is 2.40. The van der Waals surface area contributed by atoms with Crippen LogP contribution in [0.3, 0.4) is 0 Å². The van der Waals surface area contributed by atoms with Gasteiger partial charge in [-0.2, -0.15) is 0 Å². The number of likely N-dealkylation sites (N-methyl/N-ethyl adjacent to an activating group) is 2. The maximum atomic E-state index is 5.67. The maximum Gasteiger partial charge on any atom is 0.144 e. The van der Waals surface area contributed by atoms with E-state index in [2.05, 4.69) is 30.0 Å². The van der Waals surface area contributed by atoms with Crippen LogP contribution in [-0.4, -0.2) is 40.3 Å². The van der Waals surface area contributed by atoms with E-state index < -0.39 is 0 Å². The molecule has 1 aliphatic heterocycles. The molecule has 1 aliphatic rings. The van der Waals surface area contributed by atoms with Gasteiger partial charge in [0.1, 0.15) is 11.4 Å². The Kier molecular flexibility index (Phi) is 3.43. The number of benzene rings is 1. The summed E-state index contributed by atoms with van der Waals surface area (Å²) in [5.41, 5.74) is 8.06. The molecule has 1 aromatic carbocycles. The molecule has 0 saturated heterocycles. The van der Waals surface area contributed by atoms with Crippen molar-refractivity contribution in [3.63, 3.8) is 0 Å². The number of anilines is 2. The van der Waals surface area contributed by atoms with Crippen LogP contribution in [0.15, 0.2) is 18.2 Å². The highest BCUT2D eigenvalue weighted by Crippen LogP contribution is 2.41. The Morgan fingerprint density at radius 3 is 2.82 bits per heavy atom. The number of fused-ring (bicyclic) bond motifs is 1. The van der Waals surface area contributed by atoms with Crippen LogP contribution in [0.25, 0.3) is 0 Å². The van der Waals surface area contributed by atoms with Crippen molar-refractivity contribution in [3.05, 3.63) is 18.2 Å². The second-order valence-electron chi connectivity index (χ2n) is 4.55. The molecular formula is C13H21N3O. The average Bonchev–Trinajstić information content (AvgIpc) is 2.35. The number of hydrogen-bond acceptors (Lipinski definition) is 4. The van der Waals surface area contributed by atoms with Crippen LogP contribution in [0.1, 0.15) is 6.42 Å². The van der Waals surface area contributed by atoms with E-state index in [0.717, 1.165) is 25.3 Å². The predicted molar refractivity (Wildman–Crippen MR) is 72.1 cm³/mol. The Morgan fingerprint density at radius 1 is 1.41 bits per heavy atom. The fraction of sp³-hybridized carbons (Fsp3) is 0.538. The molecule has 2 rings (SSSR count). The molecule has 0 radical (unpaired) electrons. The van der Waals surface area contributed by atoms with Crippen LogP contribution in [-0.2, 0) is 0 Å². The molecule has 0 saturated carbocycles. The molecule has 0 bridgehead atoms. The van der Waals surface area contributed by atoms with Crippen LogP contribution in [0, 0.1) is 0 Å². The van der Waals surface area contributed by atoms with Crippen molar-refractivity contribution in [1.82, 2.24) is 0 Å². The normalized spacial score (nSPS) is 19.2. The van der Waals surface area contributed by atoms with E-state index in [1.165, 1.54) is 11.4 Å². The quantitative estimate of drug-likeness (QED) is 0.857. The van der Waals surface area contributed by atoms with Crippen LogP contribution < -0.4 is 20.3 Å². The van der Waals surface area contributed by atoms with Gasteiger partial charge in [-0.15, -0.1) is 0 Å². The van der Waals surface area contributed by atoms with Gasteiger partial charge in [0.2, 0.25) is 0 Å². The van der Waals surface area contributed by atoms with Crippen molar-refractivity contribution in [2.75, 3.05) is 44.1 Å². The van der Waals surface area contributed by atoms with Gasteiger partial charge in [-0.05, 0) is 25.1 Å². The summed E-state index contributed by atoms with van der Waals surface area (Å²) in [5, 5.41) is 0. The topological polar surface area (TPSA) is 41.7 Å². The first-order valence-electron chi connectivity index (χ1n) is 6.00. The van der Waals surface area contributed by atoms with Crippen molar-refractivity contribution in [2.45, 2.75) is 12.5 Å². The van der Waals surface area contributed by atoms with Crippen LogP contribution in [0.5, 0.6) is 5.75 Å². The van der Waals surface area contributed by atoms with Crippen LogP contribution >= 0.6 is 0 Å². The van der Waals surface area contributed by atoms with E-state index in [4.69, 9.17) is 10.5 Å². The molecule has 4 nitrogen and oxygen atoms in total. The summed E-state index contributed by atoms with van der Waals surface area (Å²) in [6.07, 6.45) is 1.01. The van der Waals surface area contributed by atoms with Gasteiger partial charge < -0.3 is 20.3 Å².